The van der Waals surface area contributed by atoms with E-state index in [9.17, 15) is 0 Å². The molecule has 0 atom stereocenters. The average Bonchev–Trinajstić information content (AvgIpc) is 2.55. The number of tetrazole rings is 1. The van der Waals surface area contributed by atoms with Crippen LogP contribution < -0.4 is 4.90 Å². The number of rotatable bonds is 5. The van der Waals surface area contributed by atoms with Gasteiger partial charge < -0.3 is 10.0 Å². The molecule has 1 aromatic heterocycles. The van der Waals surface area contributed by atoms with E-state index in [0.29, 0.717) is 6.04 Å². The topological polar surface area (TPSA) is 67.1 Å². The van der Waals surface area contributed by atoms with Crippen molar-refractivity contribution in [3.8, 4) is 0 Å². The number of aromatic nitrogens is 4. The molecule has 1 fully saturated rings. The van der Waals surface area contributed by atoms with E-state index in [1.165, 1.54) is 19.3 Å². The second-order valence-electron chi connectivity index (χ2n) is 3.96. The minimum atomic E-state index is 0.217. The summed E-state index contributed by atoms with van der Waals surface area (Å²) in [4.78, 5) is 2.21. The van der Waals surface area contributed by atoms with Gasteiger partial charge in [0.15, 0.2) is 0 Å². The Hall–Kier alpha value is -1.17. The van der Waals surface area contributed by atoms with Crippen molar-refractivity contribution in [1.29, 1.82) is 0 Å². The van der Waals surface area contributed by atoms with Gasteiger partial charge in [0.1, 0.15) is 0 Å². The number of hydrogen-bond donors (Lipinski definition) is 1. The van der Waals surface area contributed by atoms with Crippen LogP contribution in [0.5, 0.6) is 0 Å². The molecule has 0 unspecified atom stereocenters. The van der Waals surface area contributed by atoms with Gasteiger partial charge in [-0.15, -0.1) is 0 Å². The summed E-state index contributed by atoms with van der Waals surface area (Å²) in [5.74, 6) is 0.813. The molecule has 0 spiro atoms. The zero-order valence-electron chi connectivity index (χ0n) is 9.00. The molecule has 1 N–H and O–H groups in total. The van der Waals surface area contributed by atoms with Gasteiger partial charge in [-0.05, 0) is 36.1 Å². The Morgan fingerprint density at radius 3 is 2.80 bits per heavy atom. The zero-order chi connectivity index (χ0) is 10.7. The number of aryl methyl sites for hydroxylation is 1. The van der Waals surface area contributed by atoms with Crippen LogP contribution in [0.4, 0.5) is 5.95 Å². The van der Waals surface area contributed by atoms with Crippen LogP contribution in [0.2, 0.25) is 0 Å². The number of nitrogens with zero attached hydrogens (tertiary/aromatic N) is 5. The molecular formula is C9H17N5O. The zero-order valence-corrected chi connectivity index (χ0v) is 9.00. The van der Waals surface area contributed by atoms with Crippen LogP contribution in [0.25, 0.3) is 0 Å². The van der Waals surface area contributed by atoms with Gasteiger partial charge in [-0.3, -0.25) is 0 Å². The largest absolute Gasteiger partial charge is 0.396 e. The second-order valence-corrected chi connectivity index (χ2v) is 3.96. The summed E-state index contributed by atoms with van der Waals surface area (Å²) < 4.78 is 1.69. The maximum atomic E-state index is 8.87. The predicted molar refractivity (Wildman–Crippen MR) is 55.5 cm³/mol. The van der Waals surface area contributed by atoms with Crippen LogP contribution in [0.1, 0.15) is 25.7 Å². The SMILES string of the molecule is Cn1nnnc1N(CCCO)C1CCC1. The Morgan fingerprint density at radius 1 is 1.53 bits per heavy atom. The van der Waals surface area contributed by atoms with E-state index in [2.05, 4.69) is 20.4 Å². The standard InChI is InChI=1S/C9H17N5O/c1-13-9(10-11-12-13)14(6-3-7-15)8-4-2-5-8/h8,15H,2-7H2,1H3. The van der Waals surface area contributed by atoms with Gasteiger partial charge in [0.25, 0.3) is 0 Å². The fourth-order valence-electron chi connectivity index (χ4n) is 1.85. The summed E-state index contributed by atoms with van der Waals surface area (Å²) in [7, 11) is 1.85. The Balaban J connectivity index is 2.07. The molecule has 2 rings (SSSR count). The number of aliphatic hydroxyl groups excluding tert-OH is 1. The lowest BCUT2D eigenvalue weighted by atomic mass is 9.91. The van der Waals surface area contributed by atoms with Crippen molar-refractivity contribution in [3.63, 3.8) is 0 Å². The molecule has 0 aliphatic heterocycles. The third-order valence-corrected chi connectivity index (χ3v) is 2.93. The summed E-state index contributed by atoms with van der Waals surface area (Å²) in [6.45, 7) is 1.05. The number of anilines is 1. The van der Waals surface area contributed by atoms with E-state index in [1.807, 2.05) is 7.05 Å². The van der Waals surface area contributed by atoms with Crippen molar-refractivity contribution in [2.75, 3.05) is 18.1 Å². The minimum absolute atomic E-state index is 0.217. The van der Waals surface area contributed by atoms with Crippen molar-refractivity contribution in [2.45, 2.75) is 31.7 Å². The first-order valence-electron chi connectivity index (χ1n) is 5.43. The third kappa shape index (κ3) is 2.09. The van der Waals surface area contributed by atoms with Crippen LogP contribution in [0.3, 0.4) is 0 Å². The maximum Gasteiger partial charge on any atom is 0.245 e. The van der Waals surface area contributed by atoms with Gasteiger partial charge in [-0.2, -0.15) is 0 Å². The normalized spacial score (nSPS) is 16.4. The highest BCUT2D eigenvalue weighted by atomic mass is 16.3. The molecule has 0 radical (unpaired) electrons. The first-order chi connectivity index (χ1) is 7.33. The molecule has 1 heterocycles. The van der Waals surface area contributed by atoms with E-state index in [4.69, 9.17) is 5.11 Å². The summed E-state index contributed by atoms with van der Waals surface area (Å²) in [6.07, 6.45) is 4.46. The maximum absolute atomic E-state index is 8.87. The van der Waals surface area contributed by atoms with Gasteiger partial charge in [0.2, 0.25) is 5.95 Å². The van der Waals surface area contributed by atoms with E-state index in [0.717, 1.165) is 18.9 Å². The lowest BCUT2D eigenvalue weighted by Gasteiger charge is -2.37. The highest BCUT2D eigenvalue weighted by Gasteiger charge is 2.27. The first kappa shape index (κ1) is 10.4. The second kappa shape index (κ2) is 4.57. The van der Waals surface area contributed by atoms with Gasteiger partial charge in [0.05, 0.1) is 0 Å². The molecule has 6 heteroatoms. The van der Waals surface area contributed by atoms with Gasteiger partial charge >= 0.3 is 0 Å². The smallest absolute Gasteiger partial charge is 0.245 e. The average molecular weight is 211 g/mol. The van der Waals surface area contributed by atoms with Crippen LogP contribution in [-0.4, -0.2) is 44.5 Å². The quantitative estimate of drug-likeness (QED) is 0.739. The molecule has 1 aromatic rings. The highest BCUT2D eigenvalue weighted by molar-refractivity contribution is 5.30. The van der Waals surface area contributed by atoms with Gasteiger partial charge in [0, 0.05) is 26.2 Å². The molecule has 1 saturated carbocycles. The van der Waals surface area contributed by atoms with Crippen LogP contribution >= 0.6 is 0 Å². The van der Waals surface area contributed by atoms with Crippen molar-refractivity contribution in [2.24, 2.45) is 7.05 Å². The van der Waals surface area contributed by atoms with Crippen molar-refractivity contribution >= 4 is 5.95 Å². The Morgan fingerprint density at radius 2 is 2.33 bits per heavy atom. The van der Waals surface area contributed by atoms with Crippen LogP contribution in [0.15, 0.2) is 0 Å². The molecule has 0 saturated heterocycles. The number of aliphatic hydroxyl groups is 1. The van der Waals surface area contributed by atoms with E-state index >= 15 is 0 Å². The molecule has 84 valence electrons. The monoisotopic (exact) mass is 211 g/mol. The van der Waals surface area contributed by atoms with Crippen LogP contribution in [-0.2, 0) is 7.05 Å². The fraction of sp³-hybridized carbons (Fsp3) is 0.889. The summed E-state index contributed by atoms with van der Waals surface area (Å²) in [5.41, 5.74) is 0. The molecule has 1 aliphatic rings. The molecule has 0 bridgehead atoms. The summed E-state index contributed by atoms with van der Waals surface area (Å²) in [6, 6.07) is 0.557. The molecule has 6 nitrogen and oxygen atoms in total. The van der Waals surface area contributed by atoms with E-state index < -0.39 is 0 Å². The third-order valence-electron chi connectivity index (χ3n) is 2.93. The van der Waals surface area contributed by atoms with Crippen LogP contribution in [0, 0.1) is 0 Å². The molecular weight excluding hydrogens is 194 g/mol. The Labute approximate surface area is 88.9 Å². The molecule has 1 aliphatic carbocycles. The first-order valence-corrected chi connectivity index (χ1v) is 5.43. The Kier molecular flexibility index (Phi) is 3.15. The minimum Gasteiger partial charge on any atom is -0.396 e. The number of hydrogen-bond acceptors (Lipinski definition) is 5. The summed E-state index contributed by atoms with van der Waals surface area (Å²) in [5, 5.41) is 20.4. The Bertz CT molecular complexity index is 309. The van der Waals surface area contributed by atoms with E-state index in [1.54, 1.807) is 4.68 Å². The van der Waals surface area contributed by atoms with Gasteiger partial charge in [-0.25, -0.2) is 4.68 Å². The summed E-state index contributed by atoms with van der Waals surface area (Å²) >= 11 is 0. The molecule has 0 amide bonds. The molecule has 0 aromatic carbocycles. The fourth-order valence-corrected chi connectivity index (χ4v) is 1.85. The van der Waals surface area contributed by atoms with Crippen molar-refractivity contribution < 1.29 is 5.11 Å². The molecule has 15 heavy (non-hydrogen) atoms. The van der Waals surface area contributed by atoms with Crippen molar-refractivity contribution in [3.05, 3.63) is 0 Å². The lowest BCUT2D eigenvalue weighted by molar-refractivity contribution is 0.282. The van der Waals surface area contributed by atoms with E-state index in [-0.39, 0.29) is 6.61 Å². The van der Waals surface area contributed by atoms with Gasteiger partial charge in [-0.1, -0.05) is 5.10 Å². The predicted octanol–water partition coefficient (Wildman–Crippen LogP) is -0.0486. The lowest BCUT2D eigenvalue weighted by Crippen LogP contribution is -2.42. The highest BCUT2D eigenvalue weighted by Crippen LogP contribution is 2.27. The van der Waals surface area contributed by atoms with Crippen molar-refractivity contribution in [1.82, 2.24) is 20.2 Å².